The van der Waals surface area contributed by atoms with Crippen molar-refractivity contribution in [1.29, 1.82) is 0 Å². The quantitative estimate of drug-likeness (QED) is 0.808. The van der Waals surface area contributed by atoms with E-state index in [1.807, 2.05) is 6.92 Å². The second-order valence-electron chi connectivity index (χ2n) is 3.98. The van der Waals surface area contributed by atoms with E-state index < -0.39 is 10.1 Å². The largest absolute Gasteiger partial charge is 0.313 e. The Kier molecular flexibility index (Phi) is 3.28. The molecule has 1 aromatic rings. The Morgan fingerprint density at radius 3 is 2.25 bits per heavy atom. The van der Waals surface area contributed by atoms with Gasteiger partial charge in [0.1, 0.15) is 0 Å². The smallest absolute Gasteiger partial charge is 0.192 e. The van der Waals surface area contributed by atoms with Gasteiger partial charge in [0.2, 0.25) is 0 Å². The van der Waals surface area contributed by atoms with Gasteiger partial charge in [-0.25, -0.2) is 0 Å². The normalized spacial score (nSPS) is 17.8. The van der Waals surface area contributed by atoms with Crippen molar-refractivity contribution in [2.24, 2.45) is 0 Å². The lowest BCUT2D eigenvalue weighted by atomic mass is 10.2. The van der Waals surface area contributed by atoms with Gasteiger partial charge < -0.3 is 0 Å². The predicted octanol–water partition coefficient (Wildman–Crippen LogP) is 1.71. The Hall–Kier alpha value is -0.910. The van der Waals surface area contributed by atoms with E-state index in [0.29, 0.717) is 13.1 Å². The van der Waals surface area contributed by atoms with Crippen LogP contribution in [0.1, 0.15) is 18.4 Å². The van der Waals surface area contributed by atoms with Crippen LogP contribution in [-0.4, -0.2) is 26.6 Å². The summed E-state index contributed by atoms with van der Waals surface area (Å²) in [6, 6.07) is 6.67. The summed E-state index contributed by atoms with van der Waals surface area (Å²) in [7, 11) is -3.63. The fourth-order valence-electron chi connectivity index (χ4n) is 1.65. The maximum Gasteiger partial charge on any atom is 0.313 e. The molecule has 5 heteroatoms. The van der Waals surface area contributed by atoms with Crippen LogP contribution in [0.15, 0.2) is 29.2 Å². The Labute approximate surface area is 95.9 Å². The first-order valence-electron chi connectivity index (χ1n) is 5.34. The highest BCUT2D eigenvalue weighted by Crippen LogP contribution is 2.17. The van der Waals surface area contributed by atoms with Crippen molar-refractivity contribution in [3.8, 4) is 0 Å². The molecule has 0 aromatic heterocycles. The van der Waals surface area contributed by atoms with Gasteiger partial charge in [-0.1, -0.05) is 17.7 Å². The van der Waals surface area contributed by atoms with Gasteiger partial charge in [-0.3, -0.25) is 0 Å². The number of hydrogen-bond acceptors (Lipinski definition) is 4. The molecule has 0 N–H and O–H groups in total. The Morgan fingerprint density at radius 1 is 1.12 bits per heavy atom. The second-order valence-corrected chi connectivity index (χ2v) is 5.51. The third-order valence-electron chi connectivity index (χ3n) is 2.58. The highest BCUT2D eigenvalue weighted by molar-refractivity contribution is 7.86. The molecule has 0 atom stereocenters. The average molecular weight is 241 g/mol. The molecule has 88 valence electrons. The minimum absolute atomic E-state index is 0.213. The predicted molar refractivity (Wildman–Crippen MR) is 60.3 cm³/mol. The minimum atomic E-state index is -3.63. The highest BCUT2D eigenvalue weighted by atomic mass is 32.2. The van der Waals surface area contributed by atoms with Crippen LogP contribution in [0.25, 0.3) is 0 Å². The van der Waals surface area contributed by atoms with E-state index in [-0.39, 0.29) is 4.90 Å². The summed E-state index contributed by atoms with van der Waals surface area (Å²) in [5.74, 6) is 0. The Bertz CT molecular complexity index is 447. The Morgan fingerprint density at radius 2 is 1.69 bits per heavy atom. The number of hydrogen-bond donors (Lipinski definition) is 0. The molecule has 1 aliphatic heterocycles. The van der Waals surface area contributed by atoms with Crippen LogP contribution >= 0.6 is 0 Å². The molecule has 0 unspecified atom stereocenters. The third kappa shape index (κ3) is 2.61. The summed E-state index contributed by atoms with van der Waals surface area (Å²) in [6.45, 7) is 3.29. The van der Waals surface area contributed by atoms with Crippen molar-refractivity contribution in [2.45, 2.75) is 24.7 Å². The first-order chi connectivity index (χ1) is 7.58. The fourth-order valence-corrected chi connectivity index (χ4v) is 2.63. The van der Waals surface area contributed by atoms with E-state index in [0.717, 1.165) is 18.4 Å². The summed E-state index contributed by atoms with van der Waals surface area (Å²) < 4.78 is 28.7. The number of hydroxylamine groups is 2. The molecule has 0 bridgehead atoms. The molecule has 0 amide bonds. The fraction of sp³-hybridized carbons (Fsp3) is 0.455. The average Bonchev–Trinajstić information content (AvgIpc) is 2.70. The van der Waals surface area contributed by atoms with Gasteiger partial charge in [-0.05, 0) is 31.9 Å². The van der Waals surface area contributed by atoms with E-state index in [9.17, 15) is 8.42 Å². The number of nitrogens with zero attached hydrogens (tertiary/aromatic N) is 1. The number of aryl methyl sites for hydroxylation is 1. The number of rotatable bonds is 3. The molecule has 1 aliphatic rings. The topological polar surface area (TPSA) is 46.6 Å². The van der Waals surface area contributed by atoms with Crippen molar-refractivity contribution in [1.82, 2.24) is 5.06 Å². The summed E-state index contributed by atoms with van der Waals surface area (Å²) in [5.41, 5.74) is 1.03. The minimum Gasteiger partial charge on any atom is -0.192 e. The van der Waals surface area contributed by atoms with Gasteiger partial charge in [-0.2, -0.15) is 17.8 Å². The van der Waals surface area contributed by atoms with Crippen LogP contribution in [0, 0.1) is 6.92 Å². The summed E-state index contributed by atoms with van der Waals surface area (Å²) >= 11 is 0. The van der Waals surface area contributed by atoms with Gasteiger partial charge in [0.25, 0.3) is 0 Å². The summed E-state index contributed by atoms with van der Waals surface area (Å²) in [6.07, 6.45) is 1.98. The van der Waals surface area contributed by atoms with Crippen molar-refractivity contribution in [2.75, 3.05) is 13.1 Å². The van der Waals surface area contributed by atoms with E-state index in [1.165, 1.54) is 5.06 Å². The molecule has 4 nitrogen and oxygen atoms in total. The summed E-state index contributed by atoms with van der Waals surface area (Å²) in [5, 5.41) is 1.51. The summed E-state index contributed by atoms with van der Waals surface area (Å²) in [4.78, 5) is 0.213. The SMILES string of the molecule is Cc1ccc(S(=O)(=O)ON2CCCC2)cc1. The van der Waals surface area contributed by atoms with Crippen molar-refractivity contribution in [3.05, 3.63) is 29.8 Å². The molecule has 1 fully saturated rings. The van der Waals surface area contributed by atoms with Crippen molar-refractivity contribution >= 4 is 10.1 Å². The Balaban J connectivity index is 2.14. The van der Waals surface area contributed by atoms with E-state index in [1.54, 1.807) is 24.3 Å². The molecule has 1 aromatic carbocycles. The molecule has 0 spiro atoms. The van der Waals surface area contributed by atoms with Crippen molar-refractivity contribution in [3.63, 3.8) is 0 Å². The highest BCUT2D eigenvalue weighted by Gasteiger charge is 2.22. The molecule has 0 aliphatic carbocycles. The van der Waals surface area contributed by atoms with Gasteiger partial charge in [0.15, 0.2) is 0 Å². The van der Waals surface area contributed by atoms with Gasteiger partial charge in [0.05, 0.1) is 4.90 Å². The molecular weight excluding hydrogens is 226 g/mol. The lowest BCUT2D eigenvalue weighted by Crippen LogP contribution is -2.24. The van der Waals surface area contributed by atoms with E-state index in [2.05, 4.69) is 0 Å². The van der Waals surface area contributed by atoms with Gasteiger partial charge in [-0.15, -0.1) is 0 Å². The van der Waals surface area contributed by atoms with Crippen LogP contribution < -0.4 is 0 Å². The molecule has 0 radical (unpaired) electrons. The van der Waals surface area contributed by atoms with E-state index in [4.69, 9.17) is 4.28 Å². The van der Waals surface area contributed by atoms with Gasteiger partial charge >= 0.3 is 10.1 Å². The lowest BCUT2D eigenvalue weighted by Gasteiger charge is -2.14. The van der Waals surface area contributed by atoms with Gasteiger partial charge in [0, 0.05) is 13.1 Å². The first kappa shape index (κ1) is 11.6. The third-order valence-corrected chi connectivity index (χ3v) is 3.83. The molecule has 1 saturated heterocycles. The molecule has 0 saturated carbocycles. The second kappa shape index (κ2) is 4.53. The standard InChI is InChI=1S/C11H15NO3S/c1-10-4-6-11(7-5-10)16(13,14)15-12-8-2-3-9-12/h4-7H,2-3,8-9H2,1H3. The van der Waals surface area contributed by atoms with Crippen molar-refractivity contribution < 1.29 is 12.7 Å². The molecule has 16 heavy (non-hydrogen) atoms. The van der Waals surface area contributed by atoms with Crippen LogP contribution in [0.4, 0.5) is 0 Å². The van der Waals surface area contributed by atoms with Crippen LogP contribution in [-0.2, 0) is 14.4 Å². The molecular formula is C11H15NO3S. The lowest BCUT2D eigenvalue weighted by molar-refractivity contribution is -0.0270. The monoisotopic (exact) mass is 241 g/mol. The van der Waals surface area contributed by atoms with Crippen LogP contribution in [0.5, 0.6) is 0 Å². The van der Waals surface area contributed by atoms with Crippen LogP contribution in [0.2, 0.25) is 0 Å². The molecule has 2 rings (SSSR count). The van der Waals surface area contributed by atoms with Crippen LogP contribution in [0.3, 0.4) is 0 Å². The maximum absolute atomic E-state index is 11.8. The molecule has 1 heterocycles. The maximum atomic E-state index is 11.8. The zero-order valence-corrected chi connectivity index (χ0v) is 10.0. The zero-order chi connectivity index (χ0) is 11.6. The first-order valence-corrected chi connectivity index (χ1v) is 6.75. The zero-order valence-electron chi connectivity index (χ0n) is 9.22. The number of benzene rings is 1. The van der Waals surface area contributed by atoms with E-state index >= 15 is 0 Å².